The number of ether oxygens (including phenoxy) is 3. The molecule has 1 aromatic rings. The fourth-order valence-corrected chi connectivity index (χ4v) is 2.71. The van der Waals surface area contributed by atoms with Crippen molar-refractivity contribution in [3.05, 3.63) is 23.8 Å². The summed E-state index contributed by atoms with van der Waals surface area (Å²) in [6.45, 7) is 0.628. The van der Waals surface area contributed by atoms with Gasteiger partial charge >= 0.3 is 5.97 Å². The number of carbonyl (C=O) groups is 4. The Morgan fingerprint density at radius 2 is 1.73 bits per heavy atom. The van der Waals surface area contributed by atoms with E-state index in [2.05, 4.69) is 0 Å². The molecule has 0 unspecified atom stereocenters. The van der Waals surface area contributed by atoms with Crippen molar-refractivity contribution in [1.29, 1.82) is 0 Å². The van der Waals surface area contributed by atoms with Gasteiger partial charge < -0.3 is 14.2 Å². The first-order valence-electron chi connectivity index (χ1n) is 8.46. The van der Waals surface area contributed by atoms with Crippen LogP contribution in [0.25, 0.3) is 0 Å². The van der Waals surface area contributed by atoms with Crippen LogP contribution < -0.4 is 9.47 Å². The van der Waals surface area contributed by atoms with Crippen LogP contribution in [0.2, 0.25) is 0 Å². The lowest BCUT2D eigenvalue weighted by Gasteiger charge is -2.13. The molecule has 0 bridgehead atoms. The van der Waals surface area contributed by atoms with Crippen molar-refractivity contribution in [2.45, 2.75) is 25.7 Å². The third-order valence-electron chi connectivity index (χ3n) is 4.13. The van der Waals surface area contributed by atoms with Gasteiger partial charge in [-0.2, -0.15) is 0 Å². The van der Waals surface area contributed by atoms with Gasteiger partial charge in [0.05, 0.1) is 19.6 Å². The van der Waals surface area contributed by atoms with Gasteiger partial charge in [-0.3, -0.25) is 24.1 Å². The summed E-state index contributed by atoms with van der Waals surface area (Å²) in [4.78, 5) is 47.9. The molecule has 0 saturated carbocycles. The molecule has 0 radical (unpaired) electrons. The zero-order valence-electron chi connectivity index (χ0n) is 14.2. The fourth-order valence-electron chi connectivity index (χ4n) is 2.71. The molecule has 3 rings (SSSR count). The molecule has 1 saturated heterocycles. The maximum absolute atomic E-state index is 12.2. The Balaban J connectivity index is 1.49. The van der Waals surface area contributed by atoms with E-state index in [0.29, 0.717) is 30.3 Å². The summed E-state index contributed by atoms with van der Waals surface area (Å²) >= 11 is 0. The van der Waals surface area contributed by atoms with Gasteiger partial charge in [-0.25, -0.2) is 0 Å². The Hall–Kier alpha value is -2.90. The minimum absolute atomic E-state index is 0.0191. The van der Waals surface area contributed by atoms with Crippen molar-refractivity contribution < 1.29 is 33.4 Å². The molecule has 2 amide bonds. The summed E-state index contributed by atoms with van der Waals surface area (Å²) in [7, 11) is 0. The number of likely N-dealkylation sites (tertiary alicyclic amines) is 1. The first kappa shape index (κ1) is 17.9. The van der Waals surface area contributed by atoms with Crippen LogP contribution in [0.3, 0.4) is 0 Å². The van der Waals surface area contributed by atoms with Crippen LogP contribution >= 0.6 is 0 Å². The first-order chi connectivity index (χ1) is 12.5. The number of Topliss-reactive ketones (excluding diaryl/α,β-unsaturated/α-hetero) is 1. The predicted molar refractivity (Wildman–Crippen MR) is 87.9 cm³/mol. The van der Waals surface area contributed by atoms with E-state index in [9.17, 15) is 19.2 Å². The van der Waals surface area contributed by atoms with Crippen molar-refractivity contribution in [2.24, 2.45) is 0 Å². The van der Waals surface area contributed by atoms with Crippen LogP contribution in [0.1, 0.15) is 36.0 Å². The number of nitrogens with zero attached hydrogens (tertiary/aromatic N) is 1. The second kappa shape index (κ2) is 7.99. The van der Waals surface area contributed by atoms with Crippen LogP contribution in [-0.4, -0.2) is 54.8 Å². The van der Waals surface area contributed by atoms with E-state index in [4.69, 9.17) is 14.2 Å². The molecule has 0 spiro atoms. The second-order valence-electron chi connectivity index (χ2n) is 5.98. The van der Waals surface area contributed by atoms with E-state index in [0.717, 1.165) is 11.3 Å². The van der Waals surface area contributed by atoms with Crippen LogP contribution in [-0.2, 0) is 19.1 Å². The van der Waals surface area contributed by atoms with Gasteiger partial charge in [0.2, 0.25) is 11.8 Å². The summed E-state index contributed by atoms with van der Waals surface area (Å²) < 4.78 is 16.0. The third-order valence-corrected chi connectivity index (χ3v) is 4.13. The molecular formula is C18H19NO7. The highest BCUT2D eigenvalue weighted by molar-refractivity contribution is 6.02. The third kappa shape index (κ3) is 4.19. The molecule has 0 atom stereocenters. The number of rotatable bonds is 6. The molecule has 26 heavy (non-hydrogen) atoms. The van der Waals surface area contributed by atoms with Crippen LogP contribution in [0.4, 0.5) is 0 Å². The van der Waals surface area contributed by atoms with Gasteiger partial charge in [0, 0.05) is 31.4 Å². The molecule has 8 heteroatoms. The van der Waals surface area contributed by atoms with Crippen molar-refractivity contribution in [3.8, 4) is 11.5 Å². The van der Waals surface area contributed by atoms with Gasteiger partial charge in [-0.05, 0) is 18.2 Å². The number of esters is 1. The Morgan fingerprint density at radius 3 is 2.46 bits per heavy atom. The van der Waals surface area contributed by atoms with Crippen LogP contribution in [0, 0.1) is 0 Å². The highest BCUT2D eigenvalue weighted by Crippen LogP contribution is 2.30. The molecule has 2 aliphatic rings. The molecule has 2 heterocycles. The molecule has 1 aromatic carbocycles. The van der Waals surface area contributed by atoms with Crippen molar-refractivity contribution >= 4 is 23.6 Å². The summed E-state index contributed by atoms with van der Waals surface area (Å²) in [6, 6.07) is 4.81. The molecule has 2 aliphatic heterocycles. The van der Waals surface area contributed by atoms with Crippen molar-refractivity contribution in [1.82, 2.24) is 4.90 Å². The topological polar surface area (TPSA) is 99.2 Å². The summed E-state index contributed by atoms with van der Waals surface area (Å²) in [5, 5.41) is 0. The molecule has 0 N–H and O–H groups in total. The number of hydrogen-bond acceptors (Lipinski definition) is 7. The summed E-state index contributed by atoms with van der Waals surface area (Å²) in [5.74, 6) is -0.513. The molecule has 0 aromatic heterocycles. The van der Waals surface area contributed by atoms with Crippen LogP contribution in [0.5, 0.6) is 11.5 Å². The van der Waals surface area contributed by atoms with Crippen molar-refractivity contribution in [3.63, 3.8) is 0 Å². The van der Waals surface area contributed by atoms with E-state index < -0.39 is 12.6 Å². The normalized spacial score (nSPS) is 16.4. The first-order valence-corrected chi connectivity index (χ1v) is 8.46. The van der Waals surface area contributed by atoms with Gasteiger partial charge in [0.15, 0.2) is 23.9 Å². The standard InChI is InChI=1S/C18H19NO7/c20-13(12-2-3-14-15(10-12)25-9-1-8-24-14)11-26-18(23)6-7-19-16(21)4-5-17(19)22/h2-3,10H,1,4-9,11H2. The number of carbonyl (C=O) groups excluding carboxylic acids is 4. The Morgan fingerprint density at radius 1 is 1.04 bits per heavy atom. The quantitative estimate of drug-likeness (QED) is 0.425. The van der Waals surface area contributed by atoms with Gasteiger partial charge in [-0.15, -0.1) is 0 Å². The number of benzene rings is 1. The number of hydrogen-bond donors (Lipinski definition) is 0. The number of ketones is 1. The minimum Gasteiger partial charge on any atom is -0.490 e. The Labute approximate surface area is 150 Å². The van der Waals surface area contributed by atoms with E-state index in [1.54, 1.807) is 18.2 Å². The lowest BCUT2D eigenvalue weighted by atomic mass is 10.1. The van der Waals surface area contributed by atoms with Gasteiger partial charge in [0.25, 0.3) is 0 Å². The maximum Gasteiger partial charge on any atom is 0.308 e. The number of fused-ring (bicyclic) bond motifs is 1. The summed E-state index contributed by atoms with van der Waals surface area (Å²) in [6.07, 6.45) is 0.983. The van der Waals surface area contributed by atoms with Gasteiger partial charge in [0.1, 0.15) is 0 Å². The average Bonchev–Trinajstić information content (AvgIpc) is 2.84. The monoisotopic (exact) mass is 361 g/mol. The average molecular weight is 361 g/mol. The molecule has 8 nitrogen and oxygen atoms in total. The van der Waals surface area contributed by atoms with E-state index in [1.165, 1.54) is 0 Å². The molecule has 0 aliphatic carbocycles. The van der Waals surface area contributed by atoms with E-state index in [-0.39, 0.29) is 43.4 Å². The molecular weight excluding hydrogens is 342 g/mol. The zero-order valence-corrected chi connectivity index (χ0v) is 14.2. The molecule has 1 fully saturated rings. The Bertz CT molecular complexity index is 727. The van der Waals surface area contributed by atoms with Gasteiger partial charge in [-0.1, -0.05) is 0 Å². The minimum atomic E-state index is -0.639. The molecule has 138 valence electrons. The lowest BCUT2D eigenvalue weighted by molar-refractivity contribution is -0.144. The lowest BCUT2D eigenvalue weighted by Crippen LogP contribution is -2.31. The Kier molecular flexibility index (Phi) is 5.50. The predicted octanol–water partition coefficient (Wildman–Crippen LogP) is 1.11. The second-order valence-corrected chi connectivity index (χ2v) is 5.98. The number of amides is 2. The van der Waals surface area contributed by atoms with Crippen molar-refractivity contribution in [2.75, 3.05) is 26.4 Å². The van der Waals surface area contributed by atoms with Crippen LogP contribution in [0.15, 0.2) is 18.2 Å². The maximum atomic E-state index is 12.2. The fraction of sp³-hybridized carbons (Fsp3) is 0.444. The smallest absolute Gasteiger partial charge is 0.308 e. The largest absolute Gasteiger partial charge is 0.490 e. The highest BCUT2D eigenvalue weighted by Gasteiger charge is 2.29. The SMILES string of the molecule is O=C(CCN1C(=O)CCC1=O)OCC(=O)c1ccc2c(c1)OCCCO2. The number of imide groups is 1. The van der Waals surface area contributed by atoms with E-state index >= 15 is 0 Å². The van der Waals surface area contributed by atoms with E-state index in [1.807, 2.05) is 0 Å². The zero-order chi connectivity index (χ0) is 18.5. The highest BCUT2D eigenvalue weighted by atomic mass is 16.5. The summed E-state index contributed by atoms with van der Waals surface area (Å²) in [5.41, 5.74) is 0.354.